The molecule has 0 aromatic carbocycles. The van der Waals surface area contributed by atoms with E-state index in [1.165, 1.54) is 6.42 Å². The maximum Gasteiger partial charge on any atom is 0.144 e. The van der Waals surface area contributed by atoms with Crippen molar-refractivity contribution >= 4 is 0 Å². The molecule has 1 aliphatic heterocycles. The van der Waals surface area contributed by atoms with E-state index in [-0.39, 0.29) is 0 Å². The molecule has 4 nitrogen and oxygen atoms in total. The predicted molar refractivity (Wildman–Crippen MR) is 70.6 cm³/mol. The highest BCUT2D eigenvalue weighted by Crippen LogP contribution is 2.23. The average molecular weight is 244 g/mol. The van der Waals surface area contributed by atoms with E-state index in [1.54, 1.807) is 6.20 Å². The maximum atomic E-state index is 9.06. The monoisotopic (exact) mass is 244 g/mol. The Hall–Kier alpha value is -1.44. The third kappa shape index (κ3) is 2.87. The lowest BCUT2D eigenvalue weighted by Crippen LogP contribution is -2.45. The van der Waals surface area contributed by atoms with Gasteiger partial charge in [0.05, 0.1) is 0 Å². The normalized spacial score (nSPS) is 24.7. The molecule has 2 unspecified atom stereocenters. The number of hydrogen-bond acceptors (Lipinski definition) is 4. The van der Waals surface area contributed by atoms with Crippen molar-refractivity contribution < 1.29 is 0 Å². The van der Waals surface area contributed by atoms with Gasteiger partial charge in [0.2, 0.25) is 0 Å². The fourth-order valence-corrected chi connectivity index (χ4v) is 2.64. The van der Waals surface area contributed by atoms with E-state index in [4.69, 9.17) is 11.0 Å². The van der Waals surface area contributed by atoms with E-state index in [1.807, 2.05) is 12.1 Å². The van der Waals surface area contributed by atoms with Crippen LogP contribution in [0.1, 0.15) is 31.0 Å². The summed E-state index contributed by atoms with van der Waals surface area (Å²) in [6.45, 7) is 4.81. The third-order valence-corrected chi connectivity index (χ3v) is 3.74. The Labute approximate surface area is 108 Å². The standard InChI is InChI=1S/C14H20N4/c1-11-4-6-18(13(7-11)8-15)10-12-3-2-5-17-14(12)9-16/h2-3,5,11,13H,4,6-8,10,15H2,1H3. The molecule has 1 saturated heterocycles. The van der Waals surface area contributed by atoms with Crippen molar-refractivity contribution in [2.45, 2.75) is 32.4 Å². The molecule has 2 atom stereocenters. The van der Waals surface area contributed by atoms with Crippen LogP contribution in [0.2, 0.25) is 0 Å². The summed E-state index contributed by atoms with van der Waals surface area (Å²) in [5.74, 6) is 0.749. The van der Waals surface area contributed by atoms with Crippen LogP contribution < -0.4 is 5.73 Å². The fourth-order valence-electron chi connectivity index (χ4n) is 2.64. The molecule has 96 valence electrons. The summed E-state index contributed by atoms with van der Waals surface area (Å²) < 4.78 is 0. The summed E-state index contributed by atoms with van der Waals surface area (Å²) in [6.07, 6.45) is 4.03. The van der Waals surface area contributed by atoms with Crippen LogP contribution in [0.4, 0.5) is 0 Å². The number of nitrogens with zero attached hydrogens (tertiary/aromatic N) is 3. The summed E-state index contributed by atoms with van der Waals surface area (Å²) in [5.41, 5.74) is 7.40. The number of aromatic nitrogens is 1. The van der Waals surface area contributed by atoms with Crippen LogP contribution in [0.15, 0.2) is 18.3 Å². The van der Waals surface area contributed by atoms with Crippen molar-refractivity contribution in [1.29, 1.82) is 5.26 Å². The minimum Gasteiger partial charge on any atom is -0.329 e. The summed E-state index contributed by atoms with van der Waals surface area (Å²) in [7, 11) is 0. The highest BCUT2D eigenvalue weighted by atomic mass is 15.2. The van der Waals surface area contributed by atoms with Gasteiger partial charge >= 0.3 is 0 Å². The first kappa shape index (κ1) is 13.0. The lowest BCUT2D eigenvalue weighted by molar-refractivity contribution is 0.115. The molecule has 0 bridgehead atoms. The van der Waals surface area contributed by atoms with Crippen molar-refractivity contribution in [3.63, 3.8) is 0 Å². The van der Waals surface area contributed by atoms with E-state index in [9.17, 15) is 0 Å². The first-order valence-corrected chi connectivity index (χ1v) is 6.52. The van der Waals surface area contributed by atoms with Crippen LogP contribution in [0, 0.1) is 17.2 Å². The van der Waals surface area contributed by atoms with Gasteiger partial charge in [-0.05, 0) is 31.4 Å². The maximum absolute atomic E-state index is 9.06. The first-order valence-electron chi connectivity index (χ1n) is 6.52. The molecule has 0 radical (unpaired) electrons. The van der Waals surface area contributed by atoms with Gasteiger partial charge in [-0.2, -0.15) is 5.26 Å². The second-order valence-corrected chi connectivity index (χ2v) is 5.11. The van der Waals surface area contributed by atoms with E-state index in [2.05, 4.69) is 22.9 Å². The van der Waals surface area contributed by atoms with Crippen LogP contribution in [0.25, 0.3) is 0 Å². The largest absolute Gasteiger partial charge is 0.329 e. The zero-order valence-electron chi connectivity index (χ0n) is 10.8. The molecule has 1 aliphatic rings. The third-order valence-electron chi connectivity index (χ3n) is 3.74. The fraction of sp³-hybridized carbons (Fsp3) is 0.571. The Morgan fingerprint density at radius 2 is 2.44 bits per heavy atom. The van der Waals surface area contributed by atoms with Gasteiger partial charge in [0.1, 0.15) is 11.8 Å². The molecule has 2 N–H and O–H groups in total. The highest BCUT2D eigenvalue weighted by Gasteiger charge is 2.25. The number of nitriles is 1. The number of likely N-dealkylation sites (tertiary alicyclic amines) is 1. The van der Waals surface area contributed by atoms with E-state index >= 15 is 0 Å². The number of rotatable bonds is 3. The first-order chi connectivity index (χ1) is 8.74. The molecule has 1 aromatic heterocycles. The zero-order chi connectivity index (χ0) is 13.0. The van der Waals surface area contributed by atoms with Crippen LogP contribution in [-0.4, -0.2) is 29.0 Å². The number of hydrogen-bond donors (Lipinski definition) is 1. The van der Waals surface area contributed by atoms with Gasteiger partial charge in [0.25, 0.3) is 0 Å². The number of piperidine rings is 1. The van der Waals surface area contributed by atoms with Gasteiger partial charge in [-0.1, -0.05) is 13.0 Å². The molecule has 18 heavy (non-hydrogen) atoms. The molecule has 1 aromatic rings. The molecule has 2 heterocycles. The van der Waals surface area contributed by atoms with E-state index in [0.29, 0.717) is 18.3 Å². The van der Waals surface area contributed by atoms with Gasteiger partial charge in [-0.3, -0.25) is 4.90 Å². The lowest BCUT2D eigenvalue weighted by Gasteiger charge is -2.38. The molecule has 0 saturated carbocycles. The number of pyridine rings is 1. The van der Waals surface area contributed by atoms with E-state index < -0.39 is 0 Å². The second kappa shape index (κ2) is 5.94. The minimum atomic E-state index is 0.431. The van der Waals surface area contributed by atoms with Gasteiger partial charge in [-0.15, -0.1) is 0 Å². The molecule has 0 amide bonds. The Balaban J connectivity index is 2.10. The number of nitrogens with two attached hydrogens (primary N) is 1. The van der Waals surface area contributed by atoms with E-state index in [0.717, 1.165) is 31.0 Å². The Morgan fingerprint density at radius 1 is 1.61 bits per heavy atom. The Kier molecular flexibility index (Phi) is 4.29. The van der Waals surface area contributed by atoms with Crippen LogP contribution >= 0.6 is 0 Å². The molecular formula is C14H20N4. The van der Waals surface area contributed by atoms with Gasteiger partial charge < -0.3 is 5.73 Å². The molecule has 0 spiro atoms. The summed E-state index contributed by atoms with van der Waals surface area (Å²) in [5, 5.41) is 9.06. The highest BCUT2D eigenvalue weighted by molar-refractivity contribution is 5.30. The quantitative estimate of drug-likeness (QED) is 0.875. The van der Waals surface area contributed by atoms with Crippen molar-refractivity contribution in [2.24, 2.45) is 11.7 Å². The topological polar surface area (TPSA) is 65.9 Å². The summed E-state index contributed by atoms with van der Waals surface area (Å²) in [6, 6.07) is 6.46. The molecule has 1 fully saturated rings. The van der Waals surface area contributed by atoms with Crippen molar-refractivity contribution in [1.82, 2.24) is 9.88 Å². The Morgan fingerprint density at radius 3 is 3.17 bits per heavy atom. The molecule has 0 aliphatic carbocycles. The van der Waals surface area contributed by atoms with Crippen LogP contribution in [0.3, 0.4) is 0 Å². The summed E-state index contributed by atoms with van der Waals surface area (Å²) >= 11 is 0. The van der Waals surface area contributed by atoms with Crippen LogP contribution in [-0.2, 0) is 6.54 Å². The lowest BCUT2D eigenvalue weighted by atomic mass is 9.92. The molecular weight excluding hydrogens is 224 g/mol. The van der Waals surface area contributed by atoms with Crippen molar-refractivity contribution in [3.8, 4) is 6.07 Å². The second-order valence-electron chi connectivity index (χ2n) is 5.11. The summed E-state index contributed by atoms with van der Waals surface area (Å²) in [4.78, 5) is 6.50. The van der Waals surface area contributed by atoms with Gasteiger partial charge in [0.15, 0.2) is 0 Å². The SMILES string of the molecule is CC1CCN(Cc2cccnc2C#N)C(CN)C1. The minimum absolute atomic E-state index is 0.431. The van der Waals surface area contributed by atoms with Gasteiger partial charge in [0, 0.05) is 30.9 Å². The van der Waals surface area contributed by atoms with Gasteiger partial charge in [-0.25, -0.2) is 4.98 Å². The molecule has 4 heteroatoms. The average Bonchev–Trinajstić information content (AvgIpc) is 2.41. The predicted octanol–water partition coefficient (Wildman–Crippen LogP) is 1.51. The smallest absolute Gasteiger partial charge is 0.144 e. The van der Waals surface area contributed by atoms with Crippen molar-refractivity contribution in [2.75, 3.05) is 13.1 Å². The molecule has 2 rings (SSSR count). The van der Waals surface area contributed by atoms with Crippen molar-refractivity contribution in [3.05, 3.63) is 29.6 Å². The zero-order valence-corrected chi connectivity index (χ0v) is 10.8. The van der Waals surface area contributed by atoms with Crippen LogP contribution in [0.5, 0.6) is 0 Å². The Bertz CT molecular complexity index is 438.